The first-order chi connectivity index (χ1) is 8.22. The van der Waals surface area contributed by atoms with Crippen molar-refractivity contribution in [2.45, 2.75) is 25.8 Å². The van der Waals surface area contributed by atoms with Crippen molar-refractivity contribution in [1.82, 2.24) is 5.43 Å². The van der Waals surface area contributed by atoms with E-state index in [1.807, 2.05) is 0 Å². The summed E-state index contributed by atoms with van der Waals surface area (Å²) in [6.07, 6.45) is 2.15. The molecule has 3 nitrogen and oxygen atoms in total. The average Bonchev–Trinajstić information content (AvgIpc) is 2.34. The van der Waals surface area contributed by atoms with Gasteiger partial charge in [0.15, 0.2) is 0 Å². The number of halogens is 1. The Bertz CT molecular complexity index is 378. The first-order valence-corrected chi connectivity index (χ1v) is 6.81. The Morgan fingerprint density at radius 3 is 2.71 bits per heavy atom. The molecule has 0 spiro atoms. The highest BCUT2D eigenvalue weighted by Crippen LogP contribution is 2.32. The average molecular weight is 299 g/mol. The third-order valence-corrected chi connectivity index (χ3v) is 3.98. The molecule has 0 aromatic heterocycles. The first-order valence-electron chi connectivity index (χ1n) is 6.02. The van der Waals surface area contributed by atoms with Crippen LogP contribution >= 0.6 is 15.9 Å². The number of benzene rings is 1. The molecule has 1 unspecified atom stereocenters. The summed E-state index contributed by atoms with van der Waals surface area (Å²) in [5.74, 6) is 6.30. The fourth-order valence-electron chi connectivity index (χ4n) is 2.52. The van der Waals surface area contributed by atoms with Crippen molar-refractivity contribution in [2.24, 2.45) is 11.8 Å². The smallest absolute Gasteiger partial charge is 0.0492 e. The monoisotopic (exact) mass is 298 g/mol. The molecule has 1 saturated heterocycles. The highest BCUT2D eigenvalue weighted by molar-refractivity contribution is 9.10. The minimum absolute atomic E-state index is 0.229. The quantitative estimate of drug-likeness (QED) is 0.666. The van der Waals surface area contributed by atoms with Gasteiger partial charge in [-0.1, -0.05) is 22.0 Å². The molecule has 1 heterocycles. The molecule has 0 aliphatic carbocycles. The number of hydrazine groups is 1. The zero-order valence-corrected chi connectivity index (χ0v) is 11.7. The molecule has 2 rings (SSSR count). The third-order valence-electron chi connectivity index (χ3n) is 3.48. The summed E-state index contributed by atoms with van der Waals surface area (Å²) in [6, 6.07) is 6.59. The molecular formula is C13H19BrN2O. The lowest BCUT2D eigenvalue weighted by Gasteiger charge is -2.31. The minimum atomic E-state index is 0.229. The van der Waals surface area contributed by atoms with E-state index in [-0.39, 0.29) is 6.04 Å². The first kappa shape index (κ1) is 13.0. The highest BCUT2D eigenvalue weighted by Gasteiger charge is 2.25. The van der Waals surface area contributed by atoms with Gasteiger partial charge in [-0.15, -0.1) is 0 Å². The fourth-order valence-corrected chi connectivity index (χ4v) is 2.99. The van der Waals surface area contributed by atoms with Gasteiger partial charge in [-0.05, 0) is 48.9 Å². The molecule has 1 aliphatic rings. The maximum absolute atomic E-state index is 5.74. The van der Waals surface area contributed by atoms with E-state index < -0.39 is 0 Å². The lowest BCUT2D eigenvalue weighted by molar-refractivity contribution is 0.0535. The van der Waals surface area contributed by atoms with E-state index in [1.165, 1.54) is 11.1 Å². The van der Waals surface area contributed by atoms with Gasteiger partial charge in [-0.3, -0.25) is 11.3 Å². The lowest BCUT2D eigenvalue weighted by atomic mass is 9.86. The second-order valence-corrected chi connectivity index (χ2v) is 5.51. The number of rotatable bonds is 3. The Hall–Kier alpha value is -0.420. The summed E-state index contributed by atoms with van der Waals surface area (Å²) in [6.45, 7) is 3.82. The van der Waals surface area contributed by atoms with Gasteiger partial charge in [0.05, 0.1) is 0 Å². The van der Waals surface area contributed by atoms with Crippen molar-refractivity contribution < 1.29 is 4.74 Å². The number of nitrogens with two attached hydrogens (primary N) is 1. The molecule has 1 aliphatic heterocycles. The van der Waals surface area contributed by atoms with Crippen LogP contribution in [0, 0.1) is 12.8 Å². The van der Waals surface area contributed by atoms with E-state index in [1.54, 1.807) is 0 Å². The summed E-state index contributed by atoms with van der Waals surface area (Å²) < 4.78 is 6.52. The third kappa shape index (κ3) is 3.07. The van der Waals surface area contributed by atoms with Gasteiger partial charge >= 0.3 is 0 Å². The van der Waals surface area contributed by atoms with Gasteiger partial charge in [0.2, 0.25) is 0 Å². The highest BCUT2D eigenvalue weighted by atomic mass is 79.9. The van der Waals surface area contributed by atoms with E-state index >= 15 is 0 Å². The van der Waals surface area contributed by atoms with Crippen LogP contribution in [-0.4, -0.2) is 13.2 Å². The molecule has 1 fully saturated rings. The van der Waals surface area contributed by atoms with Crippen molar-refractivity contribution in [2.75, 3.05) is 13.2 Å². The van der Waals surface area contributed by atoms with Crippen LogP contribution < -0.4 is 11.3 Å². The van der Waals surface area contributed by atoms with Crippen LogP contribution in [0.4, 0.5) is 0 Å². The van der Waals surface area contributed by atoms with Crippen molar-refractivity contribution in [3.8, 4) is 0 Å². The lowest BCUT2D eigenvalue weighted by Crippen LogP contribution is -2.36. The summed E-state index contributed by atoms with van der Waals surface area (Å²) >= 11 is 3.49. The topological polar surface area (TPSA) is 47.3 Å². The predicted molar refractivity (Wildman–Crippen MR) is 72.5 cm³/mol. The summed E-state index contributed by atoms with van der Waals surface area (Å²) in [7, 11) is 0. The van der Waals surface area contributed by atoms with E-state index in [4.69, 9.17) is 10.6 Å². The molecule has 0 bridgehead atoms. The van der Waals surface area contributed by atoms with E-state index in [0.717, 1.165) is 30.5 Å². The van der Waals surface area contributed by atoms with Crippen molar-refractivity contribution >= 4 is 15.9 Å². The number of hydrogen-bond acceptors (Lipinski definition) is 3. The van der Waals surface area contributed by atoms with Crippen LogP contribution in [-0.2, 0) is 4.74 Å². The van der Waals surface area contributed by atoms with Gasteiger partial charge in [0.25, 0.3) is 0 Å². The normalized spacial score (nSPS) is 19.2. The van der Waals surface area contributed by atoms with Crippen molar-refractivity contribution in [1.29, 1.82) is 0 Å². The minimum Gasteiger partial charge on any atom is -0.381 e. The Balaban J connectivity index is 2.21. The van der Waals surface area contributed by atoms with Gasteiger partial charge in [0.1, 0.15) is 0 Å². The molecule has 94 valence electrons. The Morgan fingerprint density at radius 1 is 1.41 bits per heavy atom. The van der Waals surface area contributed by atoms with Gasteiger partial charge in [0, 0.05) is 23.7 Å². The van der Waals surface area contributed by atoms with Crippen LogP contribution in [0.15, 0.2) is 22.7 Å². The van der Waals surface area contributed by atoms with Gasteiger partial charge < -0.3 is 4.74 Å². The number of hydrogen-bond donors (Lipinski definition) is 2. The molecule has 0 amide bonds. The molecular weight excluding hydrogens is 280 g/mol. The SMILES string of the molecule is Cc1cc(Br)ccc1C(NN)C1CCOCC1. The second-order valence-electron chi connectivity index (χ2n) is 4.60. The maximum atomic E-state index is 5.74. The van der Waals surface area contributed by atoms with Crippen molar-refractivity contribution in [3.63, 3.8) is 0 Å². The van der Waals surface area contributed by atoms with Gasteiger partial charge in [-0.25, -0.2) is 0 Å². The Morgan fingerprint density at radius 2 is 2.12 bits per heavy atom. The molecule has 1 aromatic rings. The maximum Gasteiger partial charge on any atom is 0.0492 e. The molecule has 4 heteroatoms. The summed E-state index contributed by atoms with van der Waals surface area (Å²) in [5.41, 5.74) is 5.54. The van der Waals surface area contributed by atoms with Crippen LogP contribution in [0.2, 0.25) is 0 Å². The molecule has 17 heavy (non-hydrogen) atoms. The largest absolute Gasteiger partial charge is 0.381 e. The molecule has 0 radical (unpaired) electrons. The zero-order valence-electron chi connectivity index (χ0n) is 10.1. The van der Waals surface area contributed by atoms with Crippen LogP contribution in [0.5, 0.6) is 0 Å². The van der Waals surface area contributed by atoms with Gasteiger partial charge in [-0.2, -0.15) is 0 Å². The molecule has 3 N–H and O–H groups in total. The molecule has 0 saturated carbocycles. The number of nitrogens with one attached hydrogen (secondary N) is 1. The number of ether oxygens (including phenoxy) is 1. The Labute approximate surface area is 111 Å². The predicted octanol–water partition coefficient (Wildman–Crippen LogP) is 2.69. The van der Waals surface area contributed by atoms with E-state index in [0.29, 0.717) is 5.92 Å². The second kappa shape index (κ2) is 5.96. The van der Waals surface area contributed by atoms with Crippen LogP contribution in [0.25, 0.3) is 0 Å². The molecule has 1 atom stereocenters. The molecule has 1 aromatic carbocycles. The Kier molecular flexibility index (Phi) is 4.56. The standard InChI is InChI=1S/C13H19BrN2O/c1-9-8-11(14)2-3-12(9)13(16-15)10-4-6-17-7-5-10/h2-3,8,10,13,16H,4-7,15H2,1H3. The summed E-state index contributed by atoms with van der Waals surface area (Å²) in [4.78, 5) is 0. The van der Waals surface area contributed by atoms with Crippen LogP contribution in [0.3, 0.4) is 0 Å². The number of aryl methyl sites for hydroxylation is 1. The van der Waals surface area contributed by atoms with Crippen LogP contribution in [0.1, 0.15) is 30.0 Å². The van der Waals surface area contributed by atoms with E-state index in [9.17, 15) is 0 Å². The zero-order chi connectivity index (χ0) is 12.3. The van der Waals surface area contributed by atoms with Crippen molar-refractivity contribution in [3.05, 3.63) is 33.8 Å². The summed E-state index contributed by atoms with van der Waals surface area (Å²) in [5, 5.41) is 0. The fraction of sp³-hybridized carbons (Fsp3) is 0.538. The van der Waals surface area contributed by atoms with E-state index in [2.05, 4.69) is 46.5 Å².